The van der Waals surface area contributed by atoms with E-state index >= 15 is 0 Å². The van der Waals surface area contributed by atoms with Crippen LogP contribution in [0.2, 0.25) is 0 Å². The van der Waals surface area contributed by atoms with Gasteiger partial charge in [-0.1, -0.05) is 0 Å². The Kier molecular flexibility index (Phi) is 11.0. The number of nitrogens with one attached hydrogen (secondary N) is 2. The third-order valence-corrected chi connectivity index (χ3v) is 3.33. The van der Waals surface area contributed by atoms with Crippen molar-refractivity contribution in [2.45, 2.75) is 45.8 Å². The van der Waals surface area contributed by atoms with E-state index in [1.54, 1.807) is 27.8 Å². The summed E-state index contributed by atoms with van der Waals surface area (Å²) in [5.41, 5.74) is -0.529. The first-order chi connectivity index (χ1) is 9.43. The molecule has 132 valence electrons. The SMILES string of the molecule is CN=C(NCC(=O)OC(C)(C)C)NC(C)CCS(C)(=O)=O.I. The van der Waals surface area contributed by atoms with Crippen molar-refractivity contribution in [2.24, 2.45) is 4.99 Å². The largest absolute Gasteiger partial charge is 0.459 e. The molecule has 0 aromatic heterocycles. The van der Waals surface area contributed by atoms with Gasteiger partial charge in [0, 0.05) is 19.3 Å². The molecule has 9 heteroatoms. The standard InChI is InChI=1S/C13H27N3O4S.HI/c1-10(7-8-21(6,18)19)16-12(14-5)15-9-11(17)20-13(2,3)4;/h10H,7-9H2,1-6H3,(H2,14,15,16);1H. The molecule has 22 heavy (non-hydrogen) atoms. The third kappa shape index (κ3) is 14.4. The van der Waals surface area contributed by atoms with E-state index in [1.165, 1.54) is 6.26 Å². The van der Waals surface area contributed by atoms with Crippen LogP contribution in [0.1, 0.15) is 34.1 Å². The number of carbonyl (C=O) groups is 1. The molecule has 0 saturated carbocycles. The van der Waals surface area contributed by atoms with Crippen molar-refractivity contribution in [1.82, 2.24) is 10.6 Å². The van der Waals surface area contributed by atoms with Gasteiger partial charge in [-0.3, -0.25) is 9.79 Å². The summed E-state index contributed by atoms with van der Waals surface area (Å²) in [5.74, 6) is 0.153. The predicted octanol–water partition coefficient (Wildman–Crippen LogP) is 0.934. The summed E-state index contributed by atoms with van der Waals surface area (Å²) < 4.78 is 27.4. The Morgan fingerprint density at radius 1 is 1.32 bits per heavy atom. The molecule has 0 rings (SSSR count). The predicted molar refractivity (Wildman–Crippen MR) is 99.5 cm³/mol. The summed E-state index contributed by atoms with van der Waals surface area (Å²) in [6.07, 6.45) is 1.67. The van der Waals surface area contributed by atoms with Crippen LogP contribution in [0.3, 0.4) is 0 Å². The molecule has 0 aliphatic carbocycles. The van der Waals surface area contributed by atoms with Crippen molar-refractivity contribution in [3.05, 3.63) is 0 Å². The number of sulfone groups is 1. The molecule has 0 fully saturated rings. The Morgan fingerprint density at radius 2 is 1.86 bits per heavy atom. The molecule has 1 atom stereocenters. The van der Waals surface area contributed by atoms with E-state index in [2.05, 4.69) is 15.6 Å². The zero-order chi connectivity index (χ0) is 16.7. The molecule has 0 heterocycles. The van der Waals surface area contributed by atoms with E-state index in [0.29, 0.717) is 12.4 Å². The van der Waals surface area contributed by atoms with Gasteiger partial charge >= 0.3 is 5.97 Å². The smallest absolute Gasteiger partial charge is 0.325 e. The second-order valence-electron chi connectivity index (χ2n) is 5.98. The number of guanidine groups is 1. The van der Waals surface area contributed by atoms with Crippen molar-refractivity contribution in [2.75, 3.05) is 25.6 Å². The molecule has 0 amide bonds. The summed E-state index contributed by atoms with van der Waals surface area (Å²) in [6.45, 7) is 7.24. The van der Waals surface area contributed by atoms with Crippen molar-refractivity contribution in [3.8, 4) is 0 Å². The minimum absolute atomic E-state index is 0. The molecule has 0 aromatic rings. The Morgan fingerprint density at radius 3 is 2.27 bits per heavy atom. The van der Waals surface area contributed by atoms with Crippen LogP contribution in [0, 0.1) is 0 Å². The highest BCUT2D eigenvalue weighted by molar-refractivity contribution is 14.0. The first-order valence-electron chi connectivity index (χ1n) is 6.79. The maximum absolute atomic E-state index is 11.6. The van der Waals surface area contributed by atoms with Crippen molar-refractivity contribution in [3.63, 3.8) is 0 Å². The van der Waals surface area contributed by atoms with E-state index in [9.17, 15) is 13.2 Å². The van der Waals surface area contributed by atoms with E-state index in [-0.39, 0.29) is 48.3 Å². The average Bonchev–Trinajstić information content (AvgIpc) is 2.28. The summed E-state index contributed by atoms with van der Waals surface area (Å²) in [7, 11) is -1.41. The minimum Gasteiger partial charge on any atom is -0.459 e. The highest BCUT2D eigenvalue weighted by Gasteiger charge is 2.16. The monoisotopic (exact) mass is 449 g/mol. The maximum Gasteiger partial charge on any atom is 0.325 e. The molecule has 0 aromatic carbocycles. The van der Waals surface area contributed by atoms with Crippen LogP contribution < -0.4 is 10.6 Å². The Hall–Kier alpha value is -0.580. The van der Waals surface area contributed by atoms with Gasteiger partial charge in [-0.25, -0.2) is 8.42 Å². The second kappa shape index (κ2) is 10.2. The minimum atomic E-state index is -2.98. The number of hydrogen-bond acceptors (Lipinski definition) is 5. The van der Waals surface area contributed by atoms with E-state index in [1.807, 2.05) is 6.92 Å². The van der Waals surface area contributed by atoms with Gasteiger partial charge in [0.25, 0.3) is 0 Å². The van der Waals surface area contributed by atoms with Gasteiger partial charge < -0.3 is 15.4 Å². The number of aliphatic imine (C=N–C) groups is 1. The number of ether oxygens (including phenoxy) is 1. The van der Waals surface area contributed by atoms with Crippen molar-refractivity contribution in [1.29, 1.82) is 0 Å². The molecule has 0 bridgehead atoms. The third-order valence-electron chi connectivity index (χ3n) is 2.35. The van der Waals surface area contributed by atoms with Crippen LogP contribution in [-0.4, -0.2) is 57.6 Å². The van der Waals surface area contributed by atoms with Gasteiger partial charge in [0.1, 0.15) is 22.0 Å². The molecule has 0 aliphatic rings. The van der Waals surface area contributed by atoms with Crippen LogP contribution in [0.25, 0.3) is 0 Å². The van der Waals surface area contributed by atoms with Crippen LogP contribution in [-0.2, 0) is 19.4 Å². The van der Waals surface area contributed by atoms with Crippen molar-refractivity contribution < 1.29 is 17.9 Å². The molecular weight excluding hydrogens is 421 g/mol. The van der Waals surface area contributed by atoms with Gasteiger partial charge in [0.2, 0.25) is 0 Å². The lowest BCUT2D eigenvalue weighted by molar-refractivity contribution is -0.153. The molecule has 1 unspecified atom stereocenters. The Labute approximate surface area is 150 Å². The Bertz CT molecular complexity index is 472. The summed E-state index contributed by atoms with van der Waals surface area (Å²) in [5, 5.41) is 5.86. The number of hydrogen-bond donors (Lipinski definition) is 2. The van der Waals surface area contributed by atoms with Gasteiger partial charge in [-0.2, -0.15) is 0 Å². The fraction of sp³-hybridized carbons (Fsp3) is 0.846. The molecule has 0 radical (unpaired) electrons. The number of carbonyl (C=O) groups excluding carboxylic acids is 1. The lowest BCUT2D eigenvalue weighted by atomic mass is 10.2. The molecular formula is C13H28IN3O4S. The average molecular weight is 449 g/mol. The van der Waals surface area contributed by atoms with Crippen LogP contribution in [0.15, 0.2) is 4.99 Å². The van der Waals surface area contributed by atoms with E-state index in [0.717, 1.165) is 0 Å². The van der Waals surface area contributed by atoms with Gasteiger partial charge in [0.05, 0.1) is 5.75 Å². The molecule has 7 nitrogen and oxygen atoms in total. The number of rotatable bonds is 6. The van der Waals surface area contributed by atoms with Gasteiger partial charge in [-0.15, -0.1) is 24.0 Å². The highest BCUT2D eigenvalue weighted by Crippen LogP contribution is 2.06. The van der Waals surface area contributed by atoms with Crippen LogP contribution in [0.4, 0.5) is 0 Å². The maximum atomic E-state index is 11.6. The van der Waals surface area contributed by atoms with Crippen LogP contribution in [0.5, 0.6) is 0 Å². The van der Waals surface area contributed by atoms with E-state index in [4.69, 9.17) is 4.74 Å². The topological polar surface area (TPSA) is 96.9 Å². The molecule has 0 spiro atoms. The second-order valence-corrected chi connectivity index (χ2v) is 8.24. The lowest BCUT2D eigenvalue weighted by Crippen LogP contribution is -2.45. The molecule has 2 N–H and O–H groups in total. The lowest BCUT2D eigenvalue weighted by Gasteiger charge is -2.21. The summed E-state index contributed by atoms with van der Waals surface area (Å²) >= 11 is 0. The normalized spacial score (nSPS) is 13.8. The fourth-order valence-corrected chi connectivity index (χ4v) is 2.21. The number of esters is 1. The van der Waals surface area contributed by atoms with Crippen molar-refractivity contribution >= 4 is 45.7 Å². The zero-order valence-electron chi connectivity index (χ0n) is 14.1. The first-order valence-corrected chi connectivity index (χ1v) is 8.86. The van der Waals surface area contributed by atoms with Crippen LogP contribution >= 0.6 is 24.0 Å². The quantitative estimate of drug-likeness (QED) is 0.271. The van der Waals surface area contributed by atoms with E-state index < -0.39 is 15.4 Å². The first kappa shape index (κ1) is 23.7. The molecule has 0 saturated heterocycles. The molecule has 0 aliphatic heterocycles. The van der Waals surface area contributed by atoms with Gasteiger partial charge in [0.15, 0.2) is 5.96 Å². The number of nitrogens with zero attached hydrogens (tertiary/aromatic N) is 1. The summed E-state index contributed by atoms with van der Waals surface area (Å²) in [6, 6.07) is -0.0791. The Balaban J connectivity index is 0. The summed E-state index contributed by atoms with van der Waals surface area (Å²) in [4.78, 5) is 15.6. The highest BCUT2D eigenvalue weighted by atomic mass is 127. The fourth-order valence-electron chi connectivity index (χ4n) is 1.42. The zero-order valence-corrected chi connectivity index (χ0v) is 17.2. The number of halogens is 1. The van der Waals surface area contributed by atoms with Gasteiger partial charge in [-0.05, 0) is 34.1 Å².